The monoisotopic (exact) mass is 285 g/mol. The van der Waals surface area contributed by atoms with Crippen LogP contribution in [-0.4, -0.2) is 11.2 Å². The predicted octanol–water partition coefficient (Wildman–Crippen LogP) is 4.51. The first-order valence-corrected chi connectivity index (χ1v) is 8.14. The first-order chi connectivity index (χ1) is 10.00. The summed E-state index contributed by atoms with van der Waals surface area (Å²) in [6.07, 6.45) is 3.18. The molecule has 1 saturated carbocycles. The smallest absolute Gasteiger partial charge is 0.0838 e. The molecule has 1 aromatic rings. The molecule has 2 atom stereocenters. The van der Waals surface area contributed by atoms with Gasteiger partial charge < -0.3 is 5.11 Å². The minimum absolute atomic E-state index is 0.00134. The Morgan fingerprint density at radius 2 is 1.71 bits per heavy atom. The van der Waals surface area contributed by atoms with Gasteiger partial charge in [-0.3, -0.25) is 0 Å². The zero-order valence-electron chi connectivity index (χ0n) is 13.4. The third-order valence-corrected chi connectivity index (χ3v) is 5.45. The van der Waals surface area contributed by atoms with E-state index in [1.807, 2.05) is 37.3 Å². The van der Waals surface area contributed by atoms with Gasteiger partial charge in [-0.25, -0.2) is 0 Å². The lowest BCUT2D eigenvalue weighted by Crippen LogP contribution is -2.41. The molecule has 0 saturated heterocycles. The molecule has 1 fully saturated rings. The first kappa shape index (κ1) is 16.0. The number of rotatable bonds is 4. The first-order valence-electron chi connectivity index (χ1n) is 8.14. The van der Waals surface area contributed by atoms with Crippen LogP contribution in [0.5, 0.6) is 0 Å². The second kappa shape index (κ2) is 6.62. The van der Waals surface area contributed by atoms with Crippen LogP contribution in [0.1, 0.15) is 57.9 Å². The van der Waals surface area contributed by atoms with Crippen LogP contribution in [0.15, 0.2) is 30.3 Å². The fourth-order valence-corrected chi connectivity index (χ4v) is 3.71. The molecular formula is C19H27NO. The average Bonchev–Trinajstić information content (AvgIpc) is 2.54. The largest absolute Gasteiger partial charge is 0.391 e. The highest BCUT2D eigenvalue weighted by Gasteiger charge is 2.44. The van der Waals surface area contributed by atoms with Crippen molar-refractivity contribution in [3.63, 3.8) is 0 Å². The SMILES string of the molecule is CC(C)C1CCC(C#N)(C(O)C(C)c2ccccc2)CC1. The summed E-state index contributed by atoms with van der Waals surface area (Å²) < 4.78 is 0. The number of nitrogens with zero attached hydrogens (tertiary/aromatic N) is 1. The molecule has 1 aromatic carbocycles. The van der Waals surface area contributed by atoms with Gasteiger partial charge in [-0.05, 0) is 43.1 Å². The standard InChI is InChI=1S/C19H27NO/c1-14(2)16-9-11-19(13-20,12-10-16)18(21)15(3)17-7-5-4-6-8-17/h4-8,14-16,18,21H,9-12H2,1-3H3. The Bertz CT molecular complexity index is 480. The minimum atomic E-state index is -0.585. The maximum absolute atomic E-state index is 10.8. The van der Waals surface area contributed by atoms with Crippen molar-refractivity contribution in [2.24, 2.45) is 17.3 Å². The highest BCUT2D eigenvalue weighted by molar-refractivity contribution is 5.22. The molecule has 2 heteroatoms. The summed E-state index contributed by atoms with van der Waals surface area (Å²) in [6.45, 7) is 6.55. The summed E-state index contributed by atoms with van der Waals surface area (Å²) in [5.41, 5.74) is 0.548. The Kier molecular flexibility index (Phi) is 5.06. The molecule has 1 aliphatic carbocycles. The molecule has 0 amide bonds. The van der Waals surface area contributed by atoms with Crippen molar-refractivity contribution in [3.05, 3.63) is 35.9 Å². The van der Waals surface area contributed by atoms with Gasteiger partial charge >= 0.3 is 0 Å². The fourth-order valence-electron chi connectivity index (χ4n) is 3.71. The van der Waals surface area contributed by atoms with Crippen LogP contribution in [0.3, 0.4) is 0 Å². The number of benzene rings is 1. The molecule has 1 aliphatic rings. The second-order valence-corrected chi connectivity index (χ2v) is 6.99. The molecule has 1 N–H and O–H groups in total. The molecule has 21 heavy (non-hydrogen) atoms. The van der Waals surface area contributed by atoms with Crippen LogP contribution in [0.25, 0.3) is 0 Å². The van der Waals surface area contributed by atoms with E-state index in [2.05, 4.69) is 19.9 Å². The molecule has 0 heterocycles. The van der Waals surface area contributed by atoms with E-state index in [0.717, 1.165) is 31.2 Å². The van der Waals surface area contributed by atoms with E-state index in [4.69, 9.17) is 0 Å². The number of aliphatic hydroxyl groups is 1. The third-order valence-electron chi connectivity index (χ3n) is 5.45. The van der Waals surface area contributed by atoms with E-state index in [1.165, 1.54) is 0 Å². The van der Waals surface area contributed by atoms with Crippen LogP contribution in [0.2, 0.25) is 0 Å². The van der Waals surface area contributed by atoms with E-state index in [1.54, 1.807) is 0 Å². The van der Waals surface area contributed by atoms with Crippen molar-refractivity contribution < 1.29 is 5.11 Å². The van der Waals surface area contributed by atoms with Crippen molar-refractivity contribution in [2.75, 3.05) is 0 Å². The summed E-state index contributed by atoms with van der Waals surface area (Å²) in [4.78, 5) is 0. The van der Waals surface area contributed by atoms with E-state index in [9.17, 15) is 10.4 Å². The van der Waals surface area contributed by atoms with Gasteiger partial charge in [0, 0.05) is 5.92 Å². The molecule has 0 aromatic heterocycles. The van der Waals surface area contributed by atoms with Crippen molar-refractivity contribution in [1.29, 1.82) is 5.26 Å². The van der Waals surface area contributed by atoms with Gasteiger partial charge in [-0.1, -0.05) is 51.1 Å². The van der Waals surface area contributed by atoms with Gasteiger partial charge in [0.05, 0.1) is 17.6 Å². The zero-order valence-corrected chi connectivity index (χ0v) is 13.4. The van der Waals surface area contributed by atoms with Crippen molar-refractivity contribution >= 4 is 0 Å². The molecule has 2 unspecified atom stereocenters. The molecule has 0 spiro atoms. The highest BCUT2D eigenvalue weighted by Crippen LogP contribution is 2.46. The Labute approximate surface area is 128 Å². The van der Waals surface area contributed by atoms with Crippen LogP contribution >= 0.6 is 0 Å². The number of aliphatic hydroxyl groups excluding tert-OH is 1. The summed E-state index contributed by atoms with van der Waals surface area (Å²) >= 11 is 0. The molecule has 114 valence electrons. The molecule has 0 radical (unpaired) electrons. The summed E-state index contributed by atoms with van der Waals surface area (Å²) in [7, 11) is 0. The van der Waals surface area contributed by atoms with Gasteiger partial charge in [0.2, 0.25) is 0 Å². The van der Waals surface area contributed by atoms with Gasteiger partial charge in [0.15, 0.2) is 0 Å². The van der Waals surface area contributed by atoms with Crippen LogP contribution in [-0.2, 0) is 0 Å². The quantitative estimate of drug-likeness (QED) is 0.884. The number of hydrogen-bond acceptors (Lipinski definition) is 2. The number of hydrogen-bond donors (Lipinski definition) is 1. The molecule has 0 aliphatic heterocycles. The Morgan fingerprint density at radius 1 is 1.14 bits per heavy atom. The van der Waals surface area contributed by atoms with E-state index in [0.29, 0.717) is 11.8 Å². The summed E-state index contributed by atoms with van der Waals surface area (Å²) in [5.74, 6) is 1.37. The minimum Gasteiger partial charge on any atom is -0.391 e. The Hall–Kier alpha value is -1.33. The highest BCUT2D eigenvalue weighted by atomic mass is 16.3. The maximum Gasteiger partial charge on any atom is 0.0838 e. The lowest BCUT2D eigenvalue weighted by molar-refractivity contribution is 0.00566. The van der Waals surface area contributed by atoms with Crippen LogP contribution in [0.4, 0.5) is 0 Å². The Morgan fingerprint density at radius 3 is 2.19 bits per heavy atom. The normalized spacial score (nSPS) is 28.9. The second-order valence-electron chi connectivity index (χ2n) is 6.99. The summed E-state index contributed by atoms with van der Waals surface area (Å²) in [5, 5.41) is 20.6. The van der Waals surface area contributed by atoms with Gasteiger partial charge in [-0.15, -0.1) is 0 Å². The van der Waals surface area contributed by atoms with Gasteiger partial charge in [-0.2, -0.15) is 5.26 Å². The molecule has 2 nitrogen and oxygen atoms in total. The van der Waals surface area contributed by atoms with Crippen molar-refractivity contribution in [3.8, 4) is 6.07 Å². The van der Waals surface area contributed by atoms with E-state index in [-0.39, 0.29) is 5.92 Å². The molecular weight excluding hydrogens is 258 g/mol. The zero-order chi connectivity index (χ0) is 15.5. The van der Waals surface area contributed by atoms with E-state index < -0.39 is 11.5 Å². The third kappa shape index (κ3) is 3.30. The predicted molar refractivity (Wildman–Crippen MR) is 85.7 cm³/mol. The average molecular weight is 285 g/mol. The van der Waals surface area contributed by atoms with E-state index >= 15 is 0 Å². The van der Waals surface area contributed by atoms with Crippen LogP contribution < -0.4 is 0 Å². The van der Waals surface area contributed by atoms with Crippen LogP contribution in [0, 0.1) is 28.6 Å². The van der Waals surface area contributed by atoms with Gasteiger partial charge in [0.1, 0.15) is 0 Å². The van der Waals surface area contributed by atoms with Crippen molar-refractivity contribution in [2.45, 2.75) is 58.5 Å². The Balaban J connectivity index is 2.13. The maximum atomic E-state index is 10.8. The topological polar surface area (TPSA) is 44.0 Å². The summed E-state index contributed by atoms with van der Waals surface area (Å²) in [6, 6.07) is 12.5. The van der Waals surface area contributed by atoms with Crippen molar-refractivity contribution in [1.82, 2.24) is 0 Å². The molecule has 2 rings (SSSR count). The fraction of sp³-hybridized carbons (Fsp3) is 0.632. The lowest BCUT2D eigenvalue weighted by atomic mass is 9.63. The number of nitriles is 1. The molecule has 0 bridgehead atoms. The van der Waals surface area contributed by atoms with Gasteiger partial charge in [0.25, 0.3) is 0 Å². The lowest BCUT2D eigenvalue weighted by Gasteiger charge is -2.41.